The molecule has 0 radical (unpaired) electrons. The third-order valence-corrected chi connectivity index (χ3v) is 6.34. The Hall–Kier alpha value is -1.10. The van der Waals surface area contributed by atoms with Crippen molar-refractivity contribution in [3.05, 3.63) is 0 Å². The minimum atomic E-state index is -3.66. The summed E-state index contributed by atoms with van der Waals surface area (Å²) in [5, 5.41) is 10.0. The Kier molecular flexibility index (Phi) is 5.84. The molecule has 1 amide bonds. The van der Waals surface area contributed by atoms with Crippen molar-refractivity contribution in [2.45, 2.75) is 31.0 Å². The lowest BCUT2D eigenvalue weighted by Gasteiger charge is -2.30. The van der Waals surface area contributed by atoms with Crippen LogP contribution < -0.4 is 5.32 Å². The topological polar surface area (TPSA) is 101 Å². The number of sulfonamides is 1. The Morgan fingerprint density at radius 3 is 2.95 bits per heavy atom. The second-order valence-electron chi connectivity index (χ2n) is 5.09. The number of carbonyl (C=O) groups excluding carboxylic acids is 1. The first-order valence-electron chi connectivity index (χ1n) is 7.12. The molecule has 0 bridgehead atoms. The van der Waals surface area contributed by atoms with Crippen LogP contribution in [0.4, 0.5) is 5.13 Å². The van der Waals surface area contributed by atoms with Crippen molar-refractivity contribution in [3.8, 4) is 0 Å². The maximum Gasteiger partial charge on any atom is 0.272 e. The SMILES string of the molecule is CCOCC1CCCN(S(=O)(=O)c2nnc(NC(C)=O)s2)C1. The number of anilines is 1. The predicted octanol–water partition coefficient (Wildman–Crippen LogP) is 0.934. The summed E-state index contributed by atoms with van der Waals surface area (Å²) in [6.07, 6.45) is 1.76. The van der Waals surface area contributed by atoms with Gasteiger partial charge in [0.05, 0.1) is 6.61 Å². The summed E-state index contributed by atoms with van der Waals surface area (Å²) in [5.41, 5.74) is 0. The van der Waals surface area contributed by atoms with Crippen LogP contribution in [0, 0.1) is 5.92 Å². The van der Waals surface area contributed by atoms with Crippen LogP contribution in [0.25, 0.3) is 0 Å². The van der Waals surface area contributed by atoms with Gasteiger partial charge in [0, 0.05) is 26.6 Å². The lowest BCUT2D eigenvalue weighted by molar-refractivity contribution is -0.114. The number of rotatable bonds is 6. The highest BCUT2D eigenvalue weighted by atomic mass is 32.2. The molecule has 1 aromatic rings. The van der Waals surface area contributed by atoms with Gasteiger partial charge >= 0.3 is 0 Å². The van der Waals surface area contributed by atoms with E-state index in [0.717, 1.165) is 24.2 Å². The Labute approximate surface area is 133 Å². The normalized spacial score (nSPS) is 20.0. The number of hydrogen-bond acceptors (Lipinski definition) is 7. The highest BCUT2D eigenvalue weighted by molar-refractivity contribution is 7.91. The molecule has 2 rings (SSSR count). The monoisotopic (exact) mass is 348 g/mol. The number of amides is 1. The molecule has 1 atom stereocenters. The maximum atomic E-state index is 12.6. The molecular weight excluding hydrogens is 328 g/mol. The lowest BCUT2D eigenvalue weighted by atomic mass is 10.0. The summed E-state index contributed by atoms with van der Waals surface area (Å²) in [7, 11) is -3.66. The van der Waals surface area contributed by atoms with E-state index in [2.05, 4.69) is 15.5 Å². The number of hydrogen-bond donors (Lipinski definition) is 1. The van der Waals surface area contributed by atoms with Crippen molar-refractivity contribution >= 4 is 32.4 Å². The number of carbonyl (C=O) groups is 1. The smallest absolute Gasteiger partial charge is 0.272 e. The lowest BCUT2D eigenvalue weighted by Crippen LogP contribution is -2.41. The molecule has 1 unspecified atom stereocenters. The van der Waals surface area contributed by atoms with E-state index in [1.165, 1.54) is 11.2 Å². The zero-order valence-corrected chi connectivity index (χ0v) is 14.2. The zero-order valence-electron chi connectivity index (χ0n) is 12.6. The first-order chi connectivity index (χ1) is 10.4. The van der Waals surface area contributed by atoms with Crippen LogP contribution in [-0.4, -0.2) is 55.1 Å². The minimum absolute atomic E-state index is 0.0895. The largest absolute Gasteiger partial charge is 0.381 e. The van der Waals surface area contributed by atoms with Crippen LogP contribution in [0.5, 0.6) is 0 Å². The van der Waals surface area contributed by atoms with E-state index in [9.17, 15) is 13.2 Å². The van der Waals surface area contributed by atoms with Crippen LogP contribution in [0.2, 0.25) is 0 Å². The average molecular weight is 348 g/mol. The Morgan fingerprint density at radius 2 is 2.27 bits per heavy atom. The summed E-state index contributed by atoms with van der Waals surface area (Å²) in [4.78, 5) is 11.0. The van der Waals surface area contributed by atoms with Crippen molar-refractivity contribution < 1.29 is 17.9 Å². The molecule has 124 valence electrons. The quantitative estimate of drug-likeness (QED) is 0.768. The molecule has 1 saturated heterocycles. The van der Waals surface area contributed by atoms with Gasteiger partial charge in [0.25, 0.3) is 10.0 Å². The molecule has 22 heavy (non-hydrogen) atoms. The highest BCUT2D eigenvalue weighted by Crippen LogP contribution is 2.27. The van der Waals surface area contributed by atoms with Gasteiger partial charge in [-0.05, 0) is 25.7 Å². The fourth-order valence-corrected chi connectivity index (χ4v) is 4.93. The molecule has 0 aromatic carbocycles. The van der Waals surface area contributed by atoms with Crippen molar-refractivity contribution in [3.63, 3.8) is 0 Å². The second-order valence-corrected chi connectivity index (χ2v) is 8.17. The van der Waals surface area contributed by atoms with E-state index in [4.69, 9.17) is 4.74 Å². The summed E-state index contributed by atoms with van der Waals surface area (Å²) >= 11 is 0.866. The predicted molar refractivity (Wildman–Crippen MR) is 82.2 cm³/mol. The van der Waals surface area contributed by atoms with Crippen LogP contribution in [0.3, 0.4) is 0 Å². The molecule has 8 nitrogen and oxygen atoms in total. The van der Waals surface area contributed by atoms with Gasteiger partial charge in [-0.3, -0.25) is 4.79 Å². The molecular formula is C12H20N4O4S2. The number of nitrogens with one attached hydrogen (secondary N) is 1. The van der Waals surface area contributed by atoms with Gasteiger partial charge in [0.2, 0.25) is 15.4 Å². The first kappa shape index (κ1) is 17.3. The van der Waals surface area contributed by atoms with Gasteiger partial charge in [-0.1, -0.05) is 11.3 Å². The first-order valence-corrected chi connectivity index (χ1v) is 9.38. The summed E-state index contributed by atoms with van der Waals surface area (Å²) in [6, 6.07) is 0. The number of ether oxygens (including phenoxy) is 1. The van der Waals surface area contributed by atoms with E-state index in [1.807, 2.05) is 6.92 Å². The summed E-state index contributed by atoms with van der Waals surface area (Å²) in [6.45, 7) is 5.34. The van der Waals surface area contributed by atoms with E-state index >= 15 is 0 Å². The van der Waals surface area contributed by atoms with Crippen LogP contribution >= 0.6 is 11.3 Å². The van der Waals surface area contributed by atoms with Crippen LogP contribution in [0.1, 0.15) is 26.7 Å². The Bertz CT molecular complexity index is 616. The minimum Gasteiger partial charge on any atom is -0.381 e. The van der Waals surface area contributed by atoms with Crippen molar-refractivity contribution in [2.75, 3.05) is 31.6 Å². The summed E-state index contributed by atoms with van der Waals surface area (Å²) in [5.74, 6) is -0.110. The van der Waals surface area contributed by atoms with Gasteiger partial charge in [0.1, 0.15) is 0 Å². The van der Waals surface area contributed by atoms with Gasteiger partial charge in [-0.25, -0.2) is 8.42 Å². The average Bonchev–Trinajstić information content (AvgIpc) is 2.94. The highest BCUT2D eigenvalue weighted by Gasteiger charge is 2.33. The zero-order chi connectivity index (χ0) is 16.2. The number of aromatic nitrogens is 2. The fraction of sp³-hybridized carbons (Fsp3) is 0.750. The molecule has 2 heterocycles. The molecule has 1 N–H and O–H groups in total. The van der Waals surface area contributed by atoms with Gasteiger partial charge in [-0.15, -0.1) is 10.2 Å². The molecule has 0 aliphatic carbocycles. The van der Waals surface area contributed by atoms with E-state index in [-0.39, 0.29) is 21.3 Å². The molecule has 1 aromatic heterocycles. The second kappa shape index (κ2) is 7.44. The molecule has 0 spiro atoms. The number of nitrogens with zero attached hydrogens (tertiary/aromatic N) is 3. The standard InChI is InChI=1S/C12H20N4O4S2/c1-3-20-8-10-5-4-6-16(7-10)22(18,19)12-15-14-11(21-12)13-9(2)17/h10H,3-8H2,1-2H3,(H,13,14,17). The van der Waals surface area contributed by atoms with Crippen molar-refractivity contribution in [1.82, 2.24) is 14.5 Å². The van der Waals surface area contributed by atoms with Crippen LogP contribution in [-0.2, 0) is 19.6 Å². The molecule has 1 aliphatic heterocycles. The van der Waals surface area contributed by atoms with Crippen molar-refractivity contribution in [1.29, 1.82) is 0 Å². The van der Waals surface area contributed by atoms with E-state index < -0.39 is 10.0 Å². The molecule has 0 saturated carbocycles. The maximum absolute atomic E-state index is 12.6. The third-order valence-electron chi connectivity index (χ3n) is 3.29. The van der Waals surface area contributed by atoms with E-state index in [0.29, 0.717) is 26.3 Å². The number of piperidine rings is 1. The third kappa shape index (κ3) is 4.22. The van der Waals surface area contributed by atoms with Gasteiger partial charge in [-0.2, -0.15) is 4.31 Å². The van der Waals surface area contributed by atoms with Crippen molar-refractivity contribution in [2.24, 2.45) is 5.92 Å². The molecule has 1 aliphatic rings. The summed E-state index contributed by atoms with van der Waals surface area (Å²) < 4.78 is 31.9. The van der Waals surface area contributed by atoms with Gasteiger partial charge < -0.3 is 10.1 Å². The molecule has 1 fully saturated rings. The Morgan fingerprint density at radius 1 is 1.50 bits per heavy atom. The van der Waals surface area contributed by atoms with Gasteiger partial charge in [0.15, 0.2) is 0 Å². The molecule has 10 heteroatoms. The van der Waals surface area contributed by atoms with Crippen LogP contribution in [0.15, 0.2) is 4.34 Å². The fourth-order valence-electron chi connectivity index (χ4n) is 2.29. The Balaban J connectivity index is 2.08. The van der Waals surface area contributed by atoms with E-state index in [1.54, 1.807) is 0 Å².